The van der Waals surface area contributed by atoms with Crippen LogP contribution in [-0.2, 0) is 22.3 Å². The van der Waals surface area contributed by atoms with E-state index < -0.39 is 48.4 Å². The number of carbonyl (C=O) groups excluding carboxylic acids is 2. The first-order valence-electron chi connectivity index (χ1n) is 13.4. The summed E-state index contributed by atoms with van der Waals surface area (Å²) in [6.45, 7) is 0.870. The van der Waals surface area contributed by atoms with Gasteiger partial charge in [-0.1, -0.05) is 0 Å². The molecule has 0 atom stereocenters. The van der Waals surface area contributed by atoms with Gasteiger partial charge in [-0.2, -0.15) is 39.5 Å². The minimum Gasteiger partial charge on any atom is -0.484 e. The lowest BCUT2D eigenvalue weighted by molar-refractivity contribution is -0.308. The summed E-state index contributed by atoms with van der Waals surface area (Å²) in [5.41, 5.74) is -1.32. The molecule has 3 aliphatic heterocycles. The van der Waals surface area contributed by atoms with Crippen molar-refractivity contribution in [1.29, 1.82) is 0 Å². The molecule has 0 bridgehead atoms. The molecule has 0 radical (unpaired) electrons. The second-order valence-electron chi connectivity index (χ2n) is 10.8. The molecule has 1 aromatic rings. The molecule has 3 fully saturated rings. The van der Waals surface area contributed by atoms with Crippen LogP contribution in [0, 0.1) is 0 Å². The molecular weight excluding hydrogens is 589 g/mol. The zero-order chi connectivity index (χ0) is 30.9. The Labute approximate surface area is 235 Å². The predicted octanol–water partition coefficient (Wildman–Crippen LogP) is 5.77. The van der Waals surface area contributed by atoms with Crippen LogP contribution < -0.4 is 4.74 Å². The highest BCUT2D eigenvalue weighted by Crippen LogP contribution is 2.41. The second-order valence-corrected chi connectivity index (χ2v) is 10.8. The van der Waals surface area contributed by atoms with Crippen LogP contribution in [0.3, 0.4) is 0 Å². The number of carbonyl (C=O) groups is 2. The van der Waals surface area contributed by atoms with Crippen molar-refractivity contribution in [1.82, 2.24) is 14.7 Å². The Bertz CT molecular complexity index is 1110. The topological polar surface area (TPSA) is 62.3 Å². The van der Waals surface area contributed by atoms with Crippen molar-refractivity contribution >= 4 is 12.0 Å². The van der Waals surface area contributed by atoms with Crippen LogP contribution in [0.4, 0.5) is 44.3 Å². The Morgan fingerprint density at radius 2 is 1.40 bits per heavy atom. The summed E-state index contributed by atoms with van der Waals surface area (Å²) in [7, 11) is 0. The van der Waals surface area contributed by atoms with Crippen LogP contribution in [0.25, 0.3) is 0 Å². The minimum atomic E-state index is -5.83. The molecule has 0 unspecified atom stereocenters. The maximum atomic E-state index is 13.7. The third-order valence-electron chi connectivity index (χ3n) is 7.99. The van der Waals surface area contributed by atoms with Crippen molar-refractivity contribution in [2.75, 3.05) is 39.3 Å². The quantitative estimate of drug-likeness (QED) is 0.379. The molecule has 4 rings (SSSR count). The van der Waals surface area contributed by atoms with Gasteiger partial charge in [0.1, 0.15) is 5.75 Å². The summed E-state index contributed by atoms with van der Waals surface area (Å²) < 4.78 is 127. The van der Waals surface area contributed by atoms with Gasteiger partial charge in [-0.25, -0.2) is 4.79 Å². The maximum absolute atomic E-state index is 13.7. The van der Waals surface area contributed by atoms with Crippen molar-refractivity contribution in [3.8, 4) is 5.75 Å². The fourth-order valence-corrected chi connectivity index (χ4v) is 5.83. The van der Waals surface area contributed by atoms with Gasteiger partial charge < -0.3 is 19.3 Å². The van der Waals surface area contributed by atoms with E-state index in [9.17, 15) is 49.1 Å². The van der Waals surface area contributed by atoms with Crippen LogP contribution in [-0.4, -0.2) is 90.0 Å². The number of hydrogen-bond donors (Lipinski definition) is 0. The fourth-order valence-electron chi connectivity index (χ4n) is 5.83. The molecule has 1 spiro atoms. The van der Waals surface area contributed by atoms with Gasteiger partial charge >= 0.3 is 24.6 Å². The highest BCUT2D eigenvalue weighted by atomic mass is 19.4. The molecule has 0 saturated carbocycles. The first kappa shape index (κ1) is 32.0. The lowest BCUT2D eigenvalue weighted by Crippen LogP contribution is -2.54. The molecule has 0 N–H and O–H groups in total. The van der Waals surface area contributed by atoms with Crippen molar-refractivity contribution in [3.05, 3.63) is 29.3 Å². The Morgan fingerprint density at radius 1 is 0.786 bits per heavy atom. The van der Waals surface area contributed by atoms with Gasteiger partial charge in [-0.05, 0) is 68.8 Å². The van der Waals surface area contributed by atoms with Gasteiger partial charge in [-0.3, -0.25) is 9.69 Å². The van der Waals surface area contributed by atoms with Crippen LogP contribution in [0.1, 0.15) is 49.7 Å². The zero-order valence-corrected chi connectivity index (χ0v) is 22.4. The van der Waals surface area contributed by atoms with E-state index in [0.29, 0.717) is 32.5 Å². The van der Waals surface area contributed by atoms with E-state index >= 15 is 0 Å². The van der Waals surface area contributed by atoms with Crippen molar-refractivity contribution in [2.45, 2.75) is 75.2 Å². The molecule has 2 amide bonds. The molecule has 7 nitrogen and oxygen atoms in total. The number of likely N-dealkylation sites (tertiary alicyclic amines) is 3. The minimum absolute atomic E-state index is 0.0506. The highest BCUT2D eigenvalue weighted by molar-refractivity contribution is 5.78. The number of nitrogens with zero attached hydrogens (tertiary/aromatic N) is 3. The molecule has 0 aromatic heterocycles. The van der Waals surface area contributed by atoms with Gasteiger partial charge in [-0.15, -0.1) is 0 Å². The average molecular weight is 620 g/mol. The number of ether oxygens (including phenoxy) is 2. The zero-order valence-electron chi connectivity index (χ0n) is 22.4. The number of benzene rings is 1. The summed E-state index contributed by atoms with van der Waals surface area (Å²) in [6.07, 6.45) is -19.1. The van der Waals surface area contributed by atoms with Crippen molar-refractivity contribution in [2.24, 2.45) is 0 Å². The summed E-state index contributed by atoms with van der Waals surface area (Å²) in [5, 5.41) is 0. The van der Waals surface area contributed by atoms with Gasteiger partial charge in [0.15, 0.2) is 6.61 Å². The molecule has 1 aromatic carbocycles. The second kappa shape index (κ2) is 12.0. The van der Waals surface area contributed by atoms with Crippen LogP contribution >= 0.6 is 0 Å². The Hall–Kier alpha value is -2.91. The molecule has 3 heterocycles. The molecule has 42 heavy (non-hydrogen) atoms. The van der Waals surface area contributed by atoms with Crippen LogP contribution in [0.15, 0.2) is 18.2 Å². The van der Waals surface area contributed by atoms with E-state index in [1.54, 1.807) is 4.90 Å². The third-order valence-corrected chi connectivity index (χ3v) is 7.99. The first-order chi connectivity index (χ1) is 19.5. The smallest absolute Gasteiger partial charge is 0.434 e. The van der Waals surface area contributed by atoms with E-state index in [0.717, 1.165) is 29.9 Å². The molecule has 3 saturated heterocycles. The predicted molar refractivity (Wildman–Crippen MR) is 128 cm³/mol. The number of piperidine rings is 1. The monoisotopic (exact) mass is 619 g/mol. The van der Waals surface area contributed by atoms with Gasteiger partial charge in [0, 0.05) is 38.3 Å². The Morgan fingerprint density at radius 3 is 1.98 bits per heavy atom. The fraction of sp³-hybridized carbons (Fsp3) is 0.692. The summed E-state index contributed by atoms with van der Waals surface area (Å²) in [5.74, 6) is -0.450. The van der Waals surface area contributed by atoms with E-state index in [-0.39, 0.29) is 49.7 Å². The van der Waals surface area contributed by atoms with Crippen LogP contribution in [0.5, 0.6) is 5.75 Å². The largest absolute Gasteiger partial charge is 0.484 e. The maximum Gasteiger partial charge on any atom is 0.434 e. The van der Waals surface area contributed by atoms with E-state index in [2.05, 4.69) is 4.74 Å². The number of halogens is 9. The van der Waals surface area contributed by atoms with Crippen molar-refractivity contribution < 1.29 is 58.6 Å². The first-order valence-corrected chi connectivity index (χ1v) is 13.4. The summed E-state index contributed by atoms with van der Waals surface area (Å²) in [6, 6.07) is 3.21. The number of rotatable bonds is 6. The lowest BCUT2D eigenvalue weighted by atomic mass is 9.85. The lowest BCUT2D eigenvalue weighted by Gasteiger charge is -2.45. The molecule has 16 heteroatoms. The SMILES string of the molecule is O=C(COc1cc(CN2CCCC23CCN(C(=O)OC(C(F)(F)F)C(F)(F)F)CC3)cc(C(F)(F)F)c1)N1CCCC1. The Balaban J connectivity index is 1.43. The highest BCUT2D eigenvalue weighted by Gasteiger charge is 2.60. The number of alkyl halides is 9. The molecule has 236 valence electrons. The van der Waals surface area contributed by atoms with Gasteiger partial charge in [0.05, 0.1) is 5.56 Å². The standard InChI is InChI=1S/C26H30F9N3O4/c27-24(28,29)18-12-17(13-19(14-18)41-16-20(39)36-7-1-2-8-36)15-38-9-3-4-23(38)5-10-37(11-6-23)22(40)42-21(25(30,31)32)26(33,34)35/h12-14,21H,1-11,15-16H2. The summed E-state index contributed by atoms with van der Waals surface area (Å²) >= 11 is 0. The van der Waals surface area contributed by atoms with Crippen LogP contribution in [0.2, 0.25) is 0 Å². The third kappa shape index (κ3) is 7.53. The molecular formula is C26H30F9N3O4. The average Bonchev–Trinajstić information content (AvgIpc) is 3.55. The van der Waals surface area contributed by atoms with Gasteiger partial charge in [0.25, 0.3) is 12.0 Å². The normalized spacial score (nSPS) is 20.0. The summed E-state index contributed by atoms with van der Waals surface area (Å²) in [4.78, 5) is 28.8. The van der Waals surface area contributed by atoms with Crippen molar-refractivity contribution in [3.63, 3.8) is 0 Å². The van der Waals surface area contributed by atoms with E-state index in [4.69, 9.17) is 4.74 Å². The number of hydrogen-bond acceptors (Lipinski definition) is 5. The molecule has 3 aliphatic rings. The number of amides is 2. The van der Waals surface area contributed by atoms with E-state index in [1.807, 2.05) is 4.90 Å². The Kier molecular flexibility index (Phi) is 9.14. The van der Waals surface area contributed by atoms with E-state index in [1.165, 1.54) is 6.07 Å². The molecule has 0 aliphatic carbocycles. The van der Waals surface area contributed by atoms with Gasteiger partial charge in [0.2, 0.25) is 0 Å².